The van der Waals surface area contributed by atoms with Crippen LogP contribution in [0.2, 0.25) is 0 Å². The van der Waals surface area contributed by atoms with Gasteiger partial charge in [-0.05, 0) is 12.0 Å². The molecule has 1 aliphatic carbocycles. The predicted molar refractivity (Wildman–Crippen MR) is 102 cm³/mol. The topological polar surface area (TPSA) is 86.4 Å². The summed E-state index contributed by atoms with van der Waals surface area (Å²) in [6.45, 7) is 1.63. The molecule has 0 saturated heterocycles. The van der Waals surface area contributed by atoms with Crippen molar-refractivity contribution in [2.24, 2.45) is 0 Å². The molecule has 28 heavy (non-hydrogen) atoms. The van der Waals surface area contributed by atoms with E-state index in [9.17, 15) is 9.59 Å². The Morgan fingerprint density at radius 1 is 1.25 bits per heavy atom. The summed E-state index contributed by atoms with van der Waals surface area (Å²) in [5.74, 6) is 0.208. The highest BCUT2D eigenvalue weighted by Gasteiger charge is 2.27. The first-order chi connectivity index (χ1) is 13.7. The van der Waals surface area contributed by atoms with E-state index in [-0.39, 0.29) is 11.7 Å². The molecule has 3 aromatic rings. The van der Waals surface area contributed by atoms with Crippen LogP contribution < -0.4 is 5.32 Å². The Morgan fingerprint density at radius 2 is 2.11 bits per heavy atom. The molecule has 0 unspecified atom stereocenters. The Hall–Kier alpha value is -3.19. The molecule has 0 atom stereocenters. The van der Waals surface area contributed by atoms with Crippen molar-refractivity contribution in [3.63, 3.8) is 0 Å². The second-order valence-electron chi connectivity index (χ2n) is 6.71. The fourth-order valence-electron chi connectivity index (χ4n) is 3.26. The lowest BCUT2D eigenvalue weighted by atomic mass is 9.94. The summed E-state index contributed by atoms with van der Waals surface area (Å²) in [6.07, 6.45) is 6.58. The molecule has 0 spiro atoms. The van der Waals surface area contributed by atoms with Crippen LogP contribution in [-0.4, -0.2) is 28.1 Å². The van der Waals surface area contributed by atoms with Gasteiger partial charge in [-0.2, -0.15) is 5.10 Å². The lowest BCUT2D eigenvalue weighted by Crippen LogP contribution is -2.17. The first-order valence-corrected chi connectivity index (χ1v) is 9.30. The maximum atomic E-state index is 12.5. The molecular formula is C21H21N3O4. The van der Waals surface area contributed by atoms with Gasteiger partial charge in [0.15, 0.2) is 5.78 Å². The number of rotatable bonds is 7. The molecular weight excluding hydrogens is 358 g/mol. The monoisotopic (exact) mass is 379 g/mol. The number of hydrogen-bond donors (Lipinski definition) is 1. The normalized spacial score (nSPS) is 13.4. The Morgan fingerprint density at radius 3 is 2.96 bits per heavy atom. The van der Waals surface area contributed by atoms with Gasteiger partial charge in [0, 0.05) is 19.0 Å². The molecule has 1 amide bonds. The van der Waals surface area contributed by atoms with Crippen LogP contribution >= 0.6 is 0 Å². The number of anilines is 1. The summed E-state index contributed by atoms with van der Waals surface area (Å²) in [5.41, 5.74) is 2.39. The van der Waals surface area contributed by atoms with E-state index < -0.39 is 0 Å². The van der Waals surface area contributed by atoms with Gasteiger partial charge in [0.05, 0.1) is 42.8 Å². The molecule has 0 aliphatic heterocycles. The largest absolute Gasteiger partial charge is 0.468 e. The molecule has 7 heteroatoms. The molecule has 1 aromatic carbocycles. The number of aryl methyl sites for hydroxylation is 1. The zero-order valence-electron chi connectivity index (χ0n) is 15.4. The quantitative estimate of drug-likeness (QED) is 0.635. The number of ether oxygens (including phenoxy) is 1. The van der Waals surface area contributed by atoms with Crippen molar-refractivity contribution >= 4 is 17.4 Å². The van der Waals surface area contributed by atoms with E-state index in [4.69, 9.17) is 9.15 Å². The molecule has 1 N–H and O–H groups in total. The summed E-state index contributed by atoms with van der Waals surface area (Å²) in [6, 6.07) is 9.96. The number of amides is 1. The maximum absolute atomic E-state index is 12.5. The van der Waals surface area contributed by atoms with Crippen molar-refractivity contribution in [2.75, 3.05) is 11.9 Å². The van der Waals surface area contributed by atoms with Crippen molar-refractivity contribution in [3.05, 3.63) is 71.4 Å². The van der Waals surface area contributed by atoms with Crippen LogP contribution in [0.4, 0.5) is 5.69 Å². The molecule has 0 fully saturated rings. The molecule has 0 saturated carbocycles. The van der Waals surface area contributed by atoms with Gasteiger partial charge in [0.2, 0.25) is 0 Å². The minimum Gasteiger partial charge on any atom is -0.468 e. The van der Waals surface area contributed by atoms with Crippen LogP contribution in [0.5, 0.6) is 0 Å². The Kier molecular flexibility index (Phi) is 5.34. The molecule has 4 rings (SSSR count). The Labute approximate surface area is 162 Å². The van der Waals surface area contributed by atoms with Crippen molar-refractivity contribution in [2.45, 2.75) is 32.4 Å². The highest BCUT2D eigenvalue weighted by Crippen LogP contribution is 2.26. The summed E-state index contributed by atoms with van der Waals surface area (Å²) >= 11 is 0. The van der Waals surface area contributed by atoms with E-state index in [2.05, 4.69) is 10.4 Å². The first kappa shape index (κ1) is 18.2. The standard InChI is InChI=1S/C21H21N3O4/c25-18-7-4-8-19-20(18)17(14-28-19)21(26)23-16-11-22-24(12-16)9-10-27-13-15-5-2-1-3-6-15/h1-3,5-6,11-12,14H,4,7-10,13H2,(H,23,26). The Balaban J connectivity index is 1.31. The molecule has 2 aromatic heterocycles. The van der Waals surface area contributed by atoms with E-state index in [1.807, 2.05) is 30.3 Å². The number of fused-ring (bicyclic) bond motifs is 1. The molecule has 2 heterocycles. The van der Waals surface area contributed by atoms with Gasteiger partial charge in [0.1, 0.15) is 12.0 Å². The number of carbonyl (C=O) groups is 2. The second kappa shape index (κ2) is 8.22. The smallest absolute Gasteiger partial charge is 0.259 e. The molecule has 7 nitrogen and oxygen atoms in total. The number of furan rings is 1. The highest BCUT2D eigenvalue weighted by molar-refractivity contribution is 6.13. The molecule has 0 radical (unpaired) electrons. The third-order valence-corrected chi connectivity index (χ3v) is 4.67. The average Bonchev–Trinajstić information content (AvgIpc) is 3.34. The highest BCUT2D eigenvalue weighted by atomic mass is 16.5. The lowest BCUT2D eigenvalue weighted by molar-refractivity contribution is 0.0955. The van der Waals surface area contributed by atoms with Crippen molar-refractivity contribution in [1.29, 1.82) is 0 Å². The fraction of sp³-hybridized carbons (Fsp3) is 0.286. The van der Waals surface area contributed by atoms with Gasteiger partial charge >= 0.3 is 0 Å². The predicted octanol–water partition coefficient (Wildman–Crippen LogP) is 3.46. The van der Waals surface area contributed by atoms with Gasteiger partial charge in [-0.15, -0.1) is 0 Å². The van der Waals surface area contributed by atoms with E-state index in [1.165, 1.54) is 6.26 Å². The summed E-state index contributed by atoms with van der Waals surface area (Å²) in [7, 11) is 0. The SMILES string of the molecule is O=C(Nc1cnn(CCOCc2ccccc2)c1)c1coc2c1C(=O)CCC2. The van der Waals surface area contributed by atoms with E-state index in [0.29, 0.717) is 55.2 Å². The van der Waals surface area contributed by atoms with Gasteiger partial charge in [0.25, 0.3) is 5.91 Å². The number of aromatic nitrogens is 2. The van der Waals surface area contributed by atoms with E-state index in [1.54, 1.807) is 17.1 Å². The number of ketones is 1. The zero-order chi connectivity index (χ0) is 19.3. The van der Waals surface area contributed by atoms with Gasteiger partial charge in [-0.25, -0.2) is 0 Å². The summed E-state index contributed by atoms with van der Waals surface area (Å²) < 4.78 is 12.8. The van der Waals surface area contributed by atoms with Crippen LogP contribution in [0.1, 0.15) is 44.9 Å². The fourth-order valence-corrected chi connectivity index (χ4v) is 3.26. The number of Topliss-reactive ketones (excluding diaryl/α,β-unsaturated/α-hetero) is 1. The van der Waals surface area contributed by atoms with Crippen molar-refractivity contribution in [3.8, 4) is 0 Å². The molecule has 1 aliphatic rings. The van der Waals surface area contributed by atoms with Crippen LogP contribution in [0.15, 0.2) is 53.4 Å². The molecule has 144 valence electrons. The third-order valence-electron chi connectivity index (χ3n) is 4.67. The number of nitrogens with zero attached hydrogens (tertiary/aromatic N) is 2. The maximum Gasteiger partial charge on any atom is 0.259 e. The first-order valence-electron chi connectivity index (χ1n) is 9.30. The van der Waals surface area contributed by atoms with Gasteiger partial charge in [-0.3, -0.25) is 14.3 Å². The van der Waals surface area contributed by atoms with Gasteiger partial charge in [-0.1, -0.05) is 30.3 Å². The summed E-state index contributed by atoms with van der Waals surface area (Å²) in [4.78, 5) is 24.6. The van der Waals surface area contributed by atoms with Gasteiger partial charge < -0.3 is 14.5 Å². The van der Waals surface area contributed by atoms with Crippen LogP contribution in [0.3, 0.4) is 0 Å². The van der Waals surface area contributed by atoms with Crippen LogP contribution in [0, 0.1) is 0 Å². The number of benzene rings is 1. The van der Waals surface area contributed by atoms with E-state index in [0.717, 1.165) is 12.0 Å². The van der Waals surface area contributed by atoms with Crippen LogP contribution in [0.25, 0.3) is 0 Å². The van der Waals surface area contributed by atoms with E-state index >= 15 is 0 Å². The molecule has 0 bridgehead atoms. The van der Waals surface area contributed by atoms with Crippen LogP contribution in [-0.2, 0) is 24.3 Å². The Bertz CT molecular complexity index is 975. The second-order valence-corrected chi connectivity index (χ2v) is 6.71. The van der Waals surface area contributed by atoms with Crippen molar-refractivity contribution in [1.82, 2.24) is 9.78 Å². The summed E-state index contributed by atoms with van der Waals surface area (Å²) in [5, 5.41) is 7.01. The third kappa shape index (κ3) is 4.04. The number of nitrogens with one attached hydrogen (secondary N) is 1. The average molecular weight is 379 g/mol. The zero-order valence-corrected chi connectivity index (χ0v) is 15.4. The number of hydrogen-bond acceptors (Lipinski definition) is 5. The number of carbonyl (C=O) groups excluding carboxylic acids is 2. The minimum atomic E-state index is -0.361. The minimum absolute atomic E-state index is 0.0357. The lowest BCUT2D eigenvalue weighted by Gasteiger charge is -2.09. The van der Waals surface area contributed by atoms with Crippen molar-refractivity contribution < 1.29 is 18.7 Å².